The van der Waals surface area contributed by atoms with Gasteiger partial charge in [-0.1, -0.05) is 20.3 Å². The molecule has 1 aliphatic carbocycles. The lowest BCUT2D eigenvalue weighted by atomic mass is 9.93. The lowest BCUT2D eigenvalue weighted by Gasteiger charge is -2.23. The van der Waals surface area contributed by atoms with Crippen molar-refractivity contribution >= 4 is 16.9 Å². The van der Waals surface area contributed by atoms with E-state index in [-0.39, 0.29) is 0 Å². The van der Waals surface area contributed by atoms with Gasteiger partial charge in [-0.3, -0.25) is 0 Å². The summed E-state index contributed by atoms with van der Waals surface area (Å²) >= 11 is 0. The van der Waals surface area contributed by atoms with Crippen LogP contribution in [0.5, 0.6) is 0 Å². The normalized spacial score (nSPS) is 25.9. The van der Waals surface area contributed by atoms with Crippen molar-refractivity contribution in [2.45, 2.75) is 59.9 Å². The third-order valence-corrected chi connectivity index (χ3v) is 5.58. The quantitative estimate of drug-likeness (QED) is 0.909. The van der Waals surface area contributed by atoms with E-state index >= 15 is 0 Å². The zero-order chi connectivity index (χ0) is 15.3. The summed E-state index contributed by atoms with van der Waals surface area (Å²) < 4.78 is 2.44. The average Bonchev–Trinajstić information content (AvgIpc) is 2.89. The lowest BCUT2D eigenvalue weighted by molar-refractivity contribution is 0.331. The Morgan fingerprint density at radius 2 is 1.90 bits per heavy atom. The molecule has 1 saturated carbocycles. The van der Waals surface area contributed by atoms with E-state index in [9.17, 15) is 0 Å². The summed E-state index contributed by atoms with van der Waals surface area (Å²) in [5.41, 5.74) is 9.72. The van der Waals surface area contributed by atoms with Crippen LogP contribution in [0.25, 0.3) is 11.0 Å². The molecule has 3 atom stereocenters. The van der Waals surface area contributed by atoms with E-state index in [0.717, 1.165) is 22.8 Å². The average molecular weight is 286 g/mol. The largest absolute Gasteiger partial charge is 0.383 e. The number of fused-ring (bicyclic) bond motifs is 1. The highest BCUT2D eigenvalue weighted by Crippen LogP contribution is 2.44. The van der Waals surface area contributed by atoms with Gasteiger partial charge in [0.05, 0.1) is 5.39 Å². The molecule has 114 valence electrons. The summed E-state index contributed by atoms with van der Waals surface area (Å²) in [6, 6.07) is 0.542. The van der Waals surface area contributed by atoms with Crippen LogP contribution in [-0.4, -0.2) is 14.5 Å². The SMILES string of the molecule is CCC1CCC(n2c(C)c(C)c3c(N)nc(C)nc32)C1C. The van der Waals surface area contributed by atoms with Crippen LogP contribution in [0, 0.1) is 32.6 Å². The number of hydrogen-bond donors (Lipinski definition) is 1. The van der Waals surface area contributed by atoms with Gasteiger partial charge in [-0.25, -0.2) is 9.97 Å². The number of hydrogen-bond acceptors (Lipinski definition) is 3. The lowest BCUT2D eigenvalue weighted by Crippen LogP contribution is -2.17. The van der Waals surface area contributed by atoms with Crippen LogP contribution < -0.4 is 5.73 Å². The Morgan fingerprint density at radius 3 is 2.52 bits per heavy atom. The molecule has 1 fully saturated rings. The van der Waals surface area contributed by atoms with E-state index in [4.69, 9.17) is 10.7 Å². The molecule has 4 heteroatoms. The van der Waals surface area contributed by atoms with Crippen LogP contribution in [0.3, 0.4) is 0 Å². The van der Waals surface area contributed by atoms with Crippen LogP contribution in [0.2, 0.25) is 0 Å². The van der Waals surface area contributed by atoms with Crippen molar-refractivity contribution in [3.8, 4) is 0 Å². The van der Waals surface area contributed by atoms with Gasteiger partial charge in [-0.15, -0.1) is 0 Å². The number of aryl methyl sites for hydroxylation is 2. The fraction of sp³-hybridized carbons (Fsp3) is 0.647. The van der Waals surface area contributed by atoms with Crippen LogP contribution in [0.4, 0.5) is 5.82 Å². The minimum absolute atomic E-state index is 0.542. The second-order valence-corrected chi connectivity index (χ2v) is 6.61. The summed E-state index contributed by atoms with van der Waals surface area (Å²) in [4.78, 5) is 9.07. The fourth-order valence-corrected chi connectivity index (χ4v) is 4.20. The van der Waals surface area contributed by atoms with E-state index in [2.05, 4.69) is 37.2 Å². The summed E-state index contributed by atoms with van der Waals surface area (Å²) in [6.07, 6.45) is 3.83. The van der Waals surface area contributed by atoms with Gasteiger partial charge in [0.1, 0.15) is 17.3 Å². The Morgan fingerprint density at radius 1 is 1.19 bits per heavy atom. The molecule has 4 nitrogen and oxygen atoms in total. The van der Waals surface area contributed by atoms with Gasteiger partial charge in [-0.2, -0.15) is 0 Å². The molecule has 21 heavy (non-hydrogen) atoms. The van der Waals surface area contributed by atoms with E-state index in [1.54, 1.807) is 0 Å². The number of rotatable bonds is 2. The standard InChI is InChI=1S/C17H26N4/c1-6-13-7-8-14(10(13)3)21-11(4)9(2)15-16(18)19-12(5)20-17(15)21/h10,13-14H,6-8H2,1-5H3,(H2,18,19,20). The second-order valence-electron chi connectivity index (χ2n) is 6.61. The molecule has 2 aromatic rings. The van der Waals surface area contributed by atoms with E-state index < -0.39 is 0 Å². The molecule has 0 spiro atoms. The minimum atomic E-state index is 0.542. The number of nitrogen functional groups attached to an aromatic ring is 1. The molecule has 0 amide bonds. The first-order valence-corrected chi connectivity index (χ1v) is 8.06. The zero-order valence-electron chi connectivity index (χ0n) is 13.8. The monoisotopic (exact) mass is 286 g/mol. The Hall–Kier alpha value is -1.58. The first-order valence-electron chi connectivity index (χ1n) is 8.06. The van der Waals surface area contributed by atoms with Gasteiger partial charge in [-0.05, 0) is 51.0 Å². The van der Waals surface area contributed by atoms with Crippen molar-refractivity contribution < 1.29 is 0 Å². The highest BCUT2D eigenvalue weighted by molar-refractivity contribution is 5.91. The fourth-order valence-electron chi connectivity index (χ4n) is 4.20. The molecule has 1 aliphatic rings. The van der Waals surface area contributed by atoms with E-state index in [1.165, 1.54) is 30.5 Å². The van der Waals surface area contributed by atoms with E-state index in [1.807, 2.05) is 6.92 Å². The van der Waals surface area contributed by atoms with Gasteiger partial charge in [0.15, 0.2) is 0 Å². The molecule has 0 radical (unpaired) electrons. The minimum Gasteiger partial charge on any atom is -0.383 e. The maximum Gasteiger partial charge on any atom is 0.146 e. The number of nitrogens with two attached hydrogens (primary N) is 1. The van der Waals surface area contributed by atoms with Gasteiger partial charge >= 0.3 is 0 Å². The van der Waals surface area contributed by atoms with Gasteiger partial charge < -0.3 is 10.3 Å². The van der Waals surface area contributed by atoms with Crippen molar-refractivity contribution in [1.82, 2.24) is 14.5 Å². The molecule has 2 N–H and O–H groups in total. The summed E-state index contributed by atoms with van der Waals surface area (Å²) in [7, 11) is 0. The summed E-state index contributed by atoms with van der Waals surface area (Å²) in [5, 5.41) is 1.05. The molecule has 3 unspecified atom stereocenters. The molecule has 2 aromatic heterocycles. The third-order valence-electron chi connectivity index (χ3n) is 5.58. The maximum atomic E-state index is 6.16. The smallest absolute Gasteiger partial charge is 0.146 e. The Kier molecular flexibility index (Phi) is 3.42. The van der Waals surface area contributed by atoms with Crippen LogP contribution in [0.1, 0.15) is 56.2 Å². The van der Waals surface area contributed by atoms with Crippen molar-refractivity contribution in [3.63, 3.8) is 0 Å². The number of aromatic nitrogens is 3. The molecule has 3 rings (SSSR count). The molecule has 2 heterocycles. The van der Waals surface area contributed by atoms with E-state index in [0.29, 0.717) is 17.8 Å². The Balaban J connectivity index is 2.21. The molecular formula is C17H26N4. The molecule has 0 aliphatic heterocycles. The number of anilines is 1. The van der Waals surface area contributed by atoms with Crippen molar-refractivity contribution in [3.05, 3.63) is 17.1 Å². The first kappa shape index (κ1) is 14.4. The number of nitrogens with zero attached hydrogens (tertiary/aromatic N) is 3. The topological polar surface area (TPSA) is 56.7 Å². The van der Waals surface area contributed by atoms with Crippen molar-refractivity contribution in [2.24, 2.45) is 11.8 Å². The summed E-state index contributed by atoms with van der Waals surface area (Å²) in [5.74, 6) is 2.90. The molecule has 0 aromatic carbocycles. The van der Waals surface area contributed by atoms with Crippen LogP contribution >= 0.6 is 0 Å². The Labute approximate surface area is 126 Å². The summed E-state index contributed by atoms with van der Waals surface area (Å²) in [6.45, 7) is 11.0. The highest BCUT2D eigenvalue weighted by Gasteiger charge is 2.35. The second kappa shape index (κ2) is 5.00. The highest BCUT2D eigenvalue weighted by atomic mass is 15.1. The predicted octanol–water partition coefficient (Wildman–Crippen LogP) is 3.94. The Bertz CT molecular complexity index is 686. The first-order chi connectivity index (χ1) is 9.95. The van der Waals surface area contributed by atoms with Gasteiger partial charge in [0.25, 0.3) is 0 Å². The third kappa shape index (κ3) is 2.03. The zero-order valence-corrected chi connectivity index (χ0v) is 13.8. The van der Waals surface area contributed by atoms with Crippen molar-refractivity contribution in [1.29, 1.82) is 0 Å². The molecule has 0 bridgehead atoms. The molecular weight excluding hydrogens is 260 g/mol. The van der Waals surface area contributed by atoms with Crippen LogP contribution in [0.15, 0.2) is 0 Å². The maximum absolute atomic E-state index is 6.16. The molecule has 0 saturated heterocycles. The van der Waals surface area contributed by atoms with Crippen molar-refractivity contribution in [2.75, 3.05) is 5.73 Å². The van der Waals surface area contributed by atoms with Crippen LogP contribution in [-0.2, 0) is 0 Å². The van der Waals surface area contributed by atoms with Gasteiger partial charge in [0.2, 0.25) is 0 Å². The van der Waals surface area contributed by atoms with Gasteiger partial charge in [0, 0.05) is 11.7 Å². The predicted molar refractivity (Wildman–Crippen MR) is 87.4 cm³/mol.